The van der Waals surface area contributed by atoms with Crippen LogP contribution in [-0.4, -0.2) is 65.6 Å². The molecule has 0 amide bonds. The van der Waals surface area contributed by atoms with Gasteiger partial charge in [0.25, 0.3) is 0 Å². The van der Waals surface area contributed by atoms with Crippen LogP contribution in [0.2, 0.25) is 0 Å². The molecule has 5 rings (SSSR count). The van der Waals surface area contributed by atoms with E-state index in [9.17, 15) is 9.50 Å². The van der Waals surface area contributed by atoms with Crippen LogP contribution in [0.15, 0.2) is 24.3 Å². The van der Waals surface area contributed by atoms with Gasteiger partial charge in [-0.2, -0.15) is 9.97 Å². The first-order valence-electron chi connectivity index (χ1n) is 11.6. The molecule has 34 heavy (non-hydrogen) atoms. The van der Waals surface area contributed by atoms with Crippen molar-refractivity contribution in [3.05, 3.63) is 35.9 Å². The standard InChI is InChI=1S/C24H27F2N5O3/c1-14-11-27-7-8-31(14)23-16-10-18(26)21(20-17(25)5-2-6-19(20)32)28-22(16)29-24(30-23)34-13-15-4-3-9-33-12-15/h2,5-6,10,14-15,27,32H,3-4,7-9,11-13H2,1H3/t14-,15?/m1/s1. The second kappa shape index (κ2) is 9.63. The van der Waals surface area contributed by atoms with Gasteiger partial charge >= 0.3 is 6.01 Å². The molecule has 1 aromatic carbocycles. The van der Waals surface area contributed by atoms with Gasteiger partial charge in [0.05, 0.1) is 24.2 Å². The highest BCUT2D eigenvalue weighted by molar-refractivity contribution is 5.90. The molecule has 180 valence electrons. The van der Waals surface area contributed by atoms with Crippen molar-refractivity contribution < 1.29 is 23.4 Å². The normalized spacial score (nSPS) is 21.1. The fraction of sp³-hybridized carbons (Fsp3) is 0.458. The molecular weight excluding hydrogens is 444 g/mol. The number of rotatable bonds is 5. The van der Waals surface area contributed by atoms with Crippen molar-refractivity contribution in [2.75, 3.05) is 44.4 Å². The summed E-state index contributed by atoms with van der Waals surface area (Å²) in [7, 11) is 0. The van der Waals surface area contributed by atoms with Gasteiger partial charge in [0.1, 0.15) is 23.1 Å². The van der Waals surface area contributed by atoms with E-state index < -0.39 is 17.4 Å². The molecule has 2 aliphatic rings. The van der Waals surface area contributed by atoms with Crippen molar-refractivity contribution in [2.45, 2.75) is 25.8 Å². The van der Waals surface area contributed by atoms with E-state index in [1.165, 1.54) is 18.2 Å². The van der Waals surface area contributed by atoms with Crippen LogP contribution in [0, 0.1) is 17.6 Å². The highest BCUT2D eigenvalue weighted by Crippen LogP contribution is 2.36. The van der Waals surface area contributed by atoms with Gasteiger partial charge < -0.3 is 24.8 Å². The van der Waals surface area contributed by atoms with Crippen LogP contribution in [0.3, 0.4) is 0 Å². The smallest absolute Gasteiger partial charge is 0.320 e. The fourth-order valence-corrected chi connectivity index (χ4v) is 4.49. The number of phenols is 1. The number of ether oxygens (including phenoxy) is 2. The number of halogens is 2. The average molecular weight is 472 g/mol. The van der Waals surface area contributed by atoms with E-state index in [1.54, 1.807) is 0 Å². The van der Waals surface area contributed by atoms with Crippen LogP contribution < -0.4 is 15.0 Å². The van der Waals surface area contributed by atoms with Crippen molar-refractivity contribution in [3.8, 4) is 23.0 Å². The van der Waals surface area contributed by atoms with Gasteiger partial charge in [-0.05, 0) is 38.0 Å². The first-order chi connectivity index (χ1) is 16.5. The number of pyridine rings is 1. The Kier molecular flexibility index (Phi) is 6.42. The van der Waals surface area contributed by atoms with E-state index >= 15 is 4.39 Å². The molecular formula is C24H27F2N5O3. The monoisotopic (exact) mass is 471 g/mol. The molecule has 2 aliphatic heterocycles. The predicted molar refractivity (Wildman–Crippen MR) is 123 cm³/mol. The number of nitrogens with one attached hydrogen (secondary N) is 1. The number of hydrogen-bond donors (Lipinski definition) is 2. The van der Waals surface area contributed by atoms with E-state index in [1.807, 2.05) is 0 Å². The lowest BCUT2D eigenvalue weighted by Gasteiger charge is -2.35. The average Bonchev–Trinajstić information content (AvgIpc) is 2.84. The minimum atomic E-state index is -0.774. The Labute approximate surface area is 195 Å². The summed E-state index contributed by atoms with van der Waals surface area (Å²) in [6, 6.07) is 5.27. The van der Waals surface area contributed by atoms with E-state index in [0.717, 1.165) is 38.6 Å². The third kappa shape index (κ3) is 4.47. The van der Waals surface area contributed by atoms with Crippen molar-refractivity contribution in [1.82, 2.24) is 20.3 Å². The predicted octanol–water partition coefficient (Wildman–Crippen LogP) is 3.28. The maximum atomic E-state index is 15.2. The zero-order chi connectivity index (χ0) is 23.7. The number of aromatic nitrogens is 3. The molecule has 0 bridgehead atoms. The molecule has 0 saturated carbocycles. The van der Waals surface area contributed by atoms with Crippen LogP contribution in [0.1, 0.15) is 19.8 Å². The van der Waals surface area contributed by atoms with Crippen molar-refractivity contribution in [3.63, 3.8) is 0 Å². The zero-order valence-electron chi connectivity index (χ0n) is 18.9. The second-order valence-corrected chi connectivity index (χ2v) is 8.79. The zero-order valence-corrected chi connectivity index (χ0v) is 18.9. The van der Waals surface area contributed by atoms with Gasteiger partial charge in [-0.15, -0.1) is 0 Å². The summed E-state index contributed by atoms with van der Waals surface area (Å²) < 4.78 is 41.2. The van der Waals surface area contributed by atoms with Crippen LogP contribution in [0.5, 0.6) is 11.8 Å². The van der Waals surface area contributed by atoms with Crippen LogP contribution >= 0.6 is 0 Å². The molecule has 2 aromatic heterocycles. The summed E-state index contributed by atoms with van der Waals surface area (Å²) in [5.74, 6) is -1.19. The second-order valence-electron chi connectivity index (χ2n) is 8.79. The molecule has 2 fully saturated rings. The lowest BCUT2D eigenvalue weighted by molar-refractivity contribution is 0.0336. The summed E-state index contributed by atoms with van der Waals surface area (Å²) >= 11 is 0. The van der Waals surface area contributed by atoms with Gasteiger partial charge in [0, 0.05) is 38.2 Å². The number of piperazine rings is 1. The molecule has 2 N–H and O–H groups in total. The van der Waals surface area contributed by atoms with Crippen LogP contribution in [-0.2, 0) is 4.74 Å². The maximum Gasteiger partial charge on any atom is 0.320 e. The molecule has 4 heterocycles. The molecule has 2 saturated heterocycles. The molecule has 8 nitrogen and oxygen atoms in total. The van der Waals surface area contributed by atoms with E-state index in [2.05, 4.69) is 32.1 Å². The van der Waals surface area contributed by atoms with E-state index in [4.69, 9.17) is 9.47 Å². The molecule has 0 spiro atoms. The van der Waals surface area contributed by atoms with Gasteiger partial charge in [0.15, 0.2) is 11.5 Å². The molecule has 3 aromatic rings. The molecule has 0 aliphatic carbocycles. The number of phenolic OH excluding ortho intramolecular Hbond substituents is 1. The summed E-state index contributed by atoms with van der Waals surface area (Å²) in [5, 5.41) is 13.9. The SMILES string of the molecule is C[C@@H]1CNCCN1c1nc(OCC2CCCOC2)nc2nc(-c3c(O)cccc3F)c(F)cc12. The number of nitrogens with zero attached hydrogens (tertiary/aromatic N) is 4. The Morgan fingerprint density at radius 2 is 2.12 bits per heavy atom. The number of aromatic hydroxyl groups is 1. The van der Waals surface area contributed by atoms with Gasteiger partial charge in [0.2, 0.25) is 0 Å². The van der Waals surface area contributed by atoms with E-state index in [0.29, 0.717) is 31.0 Å². The Hall–Kier alpha value is -3.11. The Balaban J connectivity index is 1.60. The summed E-state index contributed by atoms with van der Waals surface area (Å²) in [6.07, 6.45) is 1.97. The van der Waals surface area contributed by atoms with Gasteiger partial charge in [-0.3, -0.25) is 0 Å². The van der Waals surface area contributed by atoms with Crippen molar-refractivity contribution in [2.24, 2.45) is 5.92 Å². The van der Waals surface area contributed by atoms with Crippen molar-refractivity contribution in [1.29, 1.82) is 0 Å². The lowest BCUT2D eigenvalue weighted by Crippen LogP contribution is -2.50. The molecule has 0 radical (unpaired) electrons. The Morgan fingerprint density at radius 1 is 1.24 bits per heavy atom. The first-order valence-corrected chi connectivity index (χ1v) is 11.6. The van der Waals surface area contributed by atoms with E-state index in [-0.39, 0.29) is 34.9 Å². The quantitative estimate of drug-likeness (QED) is 0.586. The lowest BCUT2D eigenvalue weighted by atomic mass is 10.0. The third-order valence-electron chi connectivity index (χ3n) is 6.30. The molecule has 2 atom stereocenters. The highest BCUT2D eigenvalue weighted by Gasteiger charge is 2.26. The Bertz CT molecular complexity index is 1170. The summed E-state index contributed by atoms with van der Waals surface area (Å²) in [4.78, 5) is 15.5. The van der Waals surface area contributed by atoms with Crippen LogP contribution in [0.25, 0.3) is 22.3 Å². The van der Waals surface area contributed by atoms with Crippen LogP contribution in [0.4, 0.5) is 14.6 Å². The maximum absolute atomic E-state index is 15.2. The fourth-order valence-electron chi connectivity index (χ4n) is 4.49. The molecule has 10 heteroatoms. The largest absolute Gasteiger partial charge is 0.507 e. The number of anilines is 1. The summed E-state index contributed by atoms with van der Waals surface area (Å²) in [5.41, 5.74) is -0.447. The first kappa shape index (κ1) is 22.7. The topological polar surface area (TPSA) is 92.6 Å². The third-order valence-corrected chi connectivity index (χ3v) is 6.30. The van der Waals surface area contributed by atoms with Crippen molar-refractivity contribution >= 4 is 16.9 Å². The van der Waals surface area contributed by atoms with Gasteiger partial charge in [-0.1, -0.05) is 6.07 Å². The summed E-state index contributed by atoms with van der Waals surface area (Å²) in [6.45, 7) is 5.99. The number of benzene rings is 1. The van der Waals surface area contributed by atoms with Gasteiger partial charge in [-0.25, -0.2) is 13.8 Å². The number of fused-ring (bicyclic) bond motifs is 1. The minimum Gasteiger partial charge on any atom is -0.507 e. The number of hydrogen-bond acceptors (Lipinski definition) is 8. The highest BCUT2D eigenvalue weighted by atomic mass is 19.1. The Morgan fingerprint density at radius 3 is 2.88 bits per heavy atom. The molecule has 1 unspecified atom stereocenters. The minimum absolute atomic E-state index is 0.102.